The van der Waals surface area contributed by atoms with Crippen LogP contribution in [0.1, 0.15) is 56.3 Å². The smallest absolute Gasteiger partial charge is 0.410 e. The van der Waals surface area contributed by atoms with Crippen molar-refractivity contribution in [3.63, 3.8) is 0 Å². The average molecular weight is 480 g/mol. The van der Waals surface area contributed by atoms with Crippen molar-refractivity contribution in [3.8, 4) is 5.82 Å². The SMILES string of the molecule is CC(C)(C)OC(=O)N1CCCC1C=O.COC.Cc1cc(COF)nc(-n2c(C)ccc2C)c1. The van der Waals surface area contributed by atoms with Crippen LogP contribution in [0.3, 0.4) is 0 Å². The Morgan fingerprint density at radius 2 is 1.76 bits per heavy atom. The second-order valence-electron chi connectivity index (χ2n) is 9.13. The van der Waals surface area contributed by atoms with Gasteiger partial charge in [0.25, 0.3) is 0 Å². The molecule has 1 atom stereocenters. The number of aromatic nitrogens is 2. The maximum absolute atomic E-state index is 11.9. The van der Waals surface area contributed by atoms with E-state index in [0.29, 0.717) is 12.2 Å². The van der Waals surface area contributed by atoms with Crippen LogP contribution in [-0.4, -0.2) is 59.2 Å². The minimum atomic E-state index is -0.493. The zero-order valence-corrected chi connectivity index (χ0v) is 21.6. The van der Waals surface area contributed by atoms with Crippen molar-refractivity contribution < 1.29 is 28.5 Å². The summed E-state index contributed by atoms with van der Waals surface area (Å²) < 4.78 is 23.4. The van der Waals surface area contributed by atoms with Gasteiger partial charge in [0.1, 0.15) is 24.3 Å². The van der Waals surface area contributed by atoms with Crippen molar-refractivity contribution in [1.29, 1.82) is 0 Å². The summed E-state index contributed by atoms with van der Waals surface area (Å²) in [4.78, 5) is 31.7. The fourth-order valence-corrected chi connectivity index (χ4v) is 3.48. The maximum Gasteiger partial charge on any atom is 0.410 e. The van der Waals surface area contributed by atoms with E-state index in [0.717, 1.165) is 41.9 Å². The number of nitrogens with zero attached hydrogens (tertiary/aromatic N) is 3. The Labute approximate surface area is 201 Å². The zero-order chi connectivity index (χ0) is 25.9. The summed E-state index contributed by atoms with van der Waals surface area (Å²) in [5.74, 6) is 0.803. The highest BCUT2D eigenvalue weighted by molar-refractivity contribution is 5.74. The van der Waals surface area contributed by atoms with Gasteiger partial charge in [0, 0.05) is 32.2 Å². The molecule has 0 spiro atoms. The second-order valence-corrected chi connectivity index (χ2v) is 9.13. The van der Waals surface area contributed by atoms with Crippen molar-refractivity contribution in [3.05, 3.63) is 46.9 Å². The maximum atomic E-state index is 11.9. The number of carbonyl (C=O) groups excluding carboxylic acids is 2. The predicted molar refractivity (Wildman–Crippen MR) is 129 cm³/mol. The summed E-state index contributed by atoms with van der Waals surface area (Å²) >= 11 is 0. The first-order valence-electron chi connectivity index (χ1n) is 11.2. The Morgan fingerprint density at radius 1 is 1.18 bits per heavy atom. The lowest BCUT2D eigenvalue weighted by atomic mass is 10.2. The molecule has 34 heavy (non-hydrogen) atoms. The number of likely N-dealkylation sites (tertiary alicyclic amines) is 1. The van der Waals surface area contributed by atoms with E-state index in [-0.39, 0.29) is 18.7 Å². The van der Waals surface area contributed by atoms with Crippen LogP contribution in [-0.2, 0) is 25.8 Å². The summed E-state index contributed by atoms with van der Waals surface area (Å²) in [6, 6.07) is 7.57. The lowest BCUT2D eigenvalue weighted by Crippen LogP contribution is -2.40. The quantitative estimate of drug-likeness (QED) is 0.571. The summed E-state index contributed by atoms with van der Waals surface area (Å²) in [5, 5.41) is 0. The van der Waals surface area contributed by atoms with Crippen LogP contribution in [0.2, 0.25) is 0 Å². The summed E-state index contributed by atoms with van der Waals surface area (Å²) in [5.41, 5.74) is 3.34. The minimum absolute atomic E-state index is 0.117. The van der Waals surface area contributed by atoms with Crippen LogP contribution >= 0.6 is 0 Å². The molecule has 2 aromatic rings. The topological polar surface area (TPSA) is 82.9 Å². The van der Waals surface area contributed by atoms with Gasteiger partial charge in [0.15, 0.2) is 0 Å². The third-order valence-corrected chi connectivity index (χ3v) is 4.80. The van der Waals surface area contributed by atoms with E-state index in [1.807, 2.05) is 70.4 Å². The van der Waals surface area contributed by atoms with Gasteiger partial charge in [-0.25, -0.2) is 9.78 Å². The van der Waals surface area contributed by atoms with E-state index in [9.17, 15) is 14.1 Å². The minimum Gasteiger partial charge on any atom is -0.444 e. The molecule has 9 heteroatoms. The number of methoxy groups -OCH3 is 1. The van der Waals surface area contributed by atoms with Crippen LogP contribution in [0.15, 0.2) is 24.3 Å². The molecule has 1 amide bonds. The lowest BCUT2D eigenvalue weighted by Gasteiger charge is -2.26. The number of ether oxygens (including phenoxy) is 2. The molecular formula is C25H38FN3O5. The molecule has 0 aliphatic carbocycles. The third kappa shape index (κ3) is 9.23. The molecule has 1 unspecified atom stereocenters. The number of hydrogen-bond donors (Lipinski definition) is 0. The highest BCUT2D eigenvalue weighted by atomic mass is 19.3. The second kappa shape index (κ2) is 13.8. The van der Waals surface area contributed by atoms with Crippen LogP contribution < -0.4 is 0 Å². The largest absolute Gasteiger partial charge is 0.444 e. The molecule has 3 heterocycles. The van der Waals surface area contributed by atoms with Gasteiger partial charge in [-0.1, -0.05) is 0 Å². The lowest BCUT2D eigenvalue weighted by molar-refractivity contribution is -0.145. The number of aldehydes is 1. The zero-order valence-electron chi connectivity index (χ0n) is 21.6. The Kier molecular flexibility index (Phi) is 11.9. The number of halogens is 1. The Hall–Kier alpha value is -2.78. The van der Waals surface area contributed by atoms with Gasteiger partial charge in [-0.05, 0) is 88.7 Å². The summed E-state index contributed by atoms with van der Waals surface area (Å²) in [6.45, 7) is 11.9. The standard InChI is InChI=1S/C13H15FN2O.C10H17NO3.C2H6O/c1-9-6-12(8-17-14)15-13(7-9)16-10(2)4-5-11(16)3;1-10(2,3)14-9(13)11-6-4-5-8(11)7-12;1-3-2/h4-7H,8H2,1-3H3;7-8H,4-6H2,1-3H3;1-2H3. The van der Waals surface area contributed by atoms with Crippen LogP contribution in [0, 0.1) is 20.8 Å². The first-order valence-corrected chi connectivity index (χ1v) is 11.2. The first-order chi connectivity index (χ1) is 16.0. The van der Waals surface area contributed by atoms with E-state index < -0.39 is 5.60 Å². The van der Waals surface area contributed by atoms with Crippen molar-refractivity contribution in [2.45, 2.75) is 72.6 Å². The van der Waals surface area contributed by atoms with Gasteiger partial charge in [-0.15, -0.1) is 0 Å². The van der Waals surface area contributed by atoms with Crippen molar-refractivity contribution in [1.82, 2.24) is 14.5 Å². The fraction of sp³-hybridized carbons (Fsp3) is 0.560. The van der Waals surface area contributed by atoms with E-state index in [1.54, 1.807) is 14.2 Å². The number of carbonyl (C=O) groups is 2. The molecule has 0 bridgehead atoms. The highest BCUT2D eigenvalue weighted by Gasteiger charge is 2.31. The number of rotatable bonds is 4. The fourth-order valence-electron chi connectivity index (χ4n) is 3.48. The van der Waals surface area contributed by atoms with Crippen molar-refractivity contribution >= 4 is 12.4 Å². The molecule has 2 aromatic heterocycles. The molecule has 1 fully saturated rings. The molecule has 0 N–H and O–H groups in total. The van der Waals surface area contributed by atoms with Gasteiger partial charge in [-0.2, -0.15) is 4.94 Å². The van der Waals surface area contributed by atoms with Gasteiger partial charge in [0.2, 0.25) is 0 Å². The predicted octanol–water partition coefficient (Wildman–Crippen LogP) is 5.05. The Balaban J connectivity index is 0.000000310. The van der Waals surface area contributed by atoms with Gasteiger partial charge in [0.05, 0.1) is 11.7 Å². The van der Waals surface area contributed by atoms with E-state index in [1.165, 1.54) is 4.90 Å². The van der Waals surface area contributed by atoms with Crippen LogP contribution in [0.25, 0.3) is 5.82 Å². The number of hydrogen-bond acceptors (Lipinski definition) is 6. The summed E-state index contributed by atoms with van der Waals surface area (Å²) in [7, 11) is 3.25. The van der Waals surface area contributed by atoms with E-state index in [4.69, 9.17) is 4.74 Å². The molecule has 3 rings (SSSR count). The molecule has 1 aliphatic heterocycles. The number of amides is 1. The normalized spacial score (nSPS) is 15.1. The first kappa shape index (κ1) is 29.3. The van der Waals surface area contributed by atoms with Gasteiger partial charge < -0.3 is 18.8 Å². The van der Waals surface area contributed by atoms with Crippen molar-refractivity contribution in [2.75, 3.05) is 20.8 Å². The monoisotopic (exact) mass is 479 g/mol. The molecule has 8 nitrogen and oxygen atoms in total. The third-order valence-electron chi connectivity index (χ3n) is 4.80. The molecule has 0 radical (unpaired) electrons. The van der Waals surface area contributed by atoms with Crippen LogP contribution in [0.4, 0.5) is 9.32 Å². The highest BCUT2D eigenvalue weighted by Crippen LogP contribution is 2.19. The Bertz CT molecular complexity index is 904. The number of aryl methyl sites for hydroxylation is 3. The molecule has 1 aliphatic rings. The van der Waals surface area contributed by atoms with E-state index >= 15 is 0 Å². The molecule has 0 aromatic carbocycles. The van der Waals surface area contributed by atoms with Gasteiger partial charge >= 0.3 is 6.09 Å². The van der Waals surface area contributed by atoms with E-state index in [2.05, 4.69) is 14.7 Å². The molecule has 190 valence electrons. The van der Waals surface area contributed by atoms with Crippen LogP contribution in [0.5, 0.6) is 0 Å². The molecule has 1 saturated heterocycles. The van der Waals surface area contributed by atoms with Crippen molar-refractivity contribution in [2.24, 2.45) is 0 Å². The summed E-state index contributed by atoms with van der Waals surface area (Å²) in [6.07, 6.45) is 2.06. The average Bonchev–Trinajstić information content (AvgIpc) is 3.34. The van der Waals surface area contributed by atoms with Gasteiger partial charge in [-0.3, -0.25) is 4.90 Å². The Morgan fingerprint density at radius 3 is 2.26 bits per heavy atom. The number of pyridine rings is 1. The molecular weight excluding hydrogens is 441 g/mol. The molecule has 0 saturated carbocycles.